The fraction of sp³-hybridized carbons (Fsp3) is 0.600. The van der Waals surface area contributed by atoms with E-state index in [2.05, 4.69) is 11.4 Å². The van der Waals surface area contributed by atoms with E-state index in [9.17, 15) is 10.2 Å². The average Bonchev–Trinajstić information content (AvgIpc) is 2.72. The molecule has 0 aromatic heterocycles. The largest absolute Gasteiger partial charge is 0.508 e. The molecule has 3 atom stereocenters. The summed E-state index contributed by atoms with van der Waals surface area (Å²) >= 11 is 0. The Morgan fingerprint density at radius 1 is 1.44 bits per heavy atom. The molecule has 2 aliphatic carbocycles. The van der Waals surface area contributed by atoms with Gasteiger partial charge in [0.05, 0.1) is 0 Å². The van der Waals surface area contributed by atoms with Crippen LogP contribution in [-0.4, -0.2) is 23.9 Å². The summed E-state index contributed by atoms with van der Waals surface area (Å²) in [4.78, 5) is 0. The smallest absolute Gasteiger partial charge is 0.115 e. The van der Waals surface area contributed by atoms with Crippen molar-refractivity contribution in [3.8, 4) is 5.75 Å². The number of phenols is 1. The van der Waals surface area contributed by atoms with E-state index < -0.39 is 0 Å². The van der Waals surface area contributed by atoms with Crippen LogP contribution in [0.3, 0.4) is 0 Å². The highest BCUT2D eigenvalue weighted by Crippen LogP contribution is 2.51. The van der Waals surface area contributed by atoms with Crippen molar-refractivity contribution in [2.75, 3.05) is 13.7 Å². The summed E-state index contributed by atoms with van der Waals surface area (Å²) in [5, 5.41) is 22.6. The van der Waals surface area contributed by atoms with Gasteiger partial charge in [0, 0.05) is 12.1 Å². The zero-order chi connectivity index (χ0) is 12.8. The number of rotatable bonds is 2. The van der Waals surface area contributed by atoms with E-state index in [-0.39, 0.29) is 5.54 Å². The Labute approximate surface area is 108 Å². The number of fused-ring (bicyclic) bond motifs is 3. The zero-order valence-corrected chi connectivity index (χ0v) is 10.8. The summed E-state index contributed by atoms with van der Waals surface area (Å²) in [6.45, 7) is 0.303. The third kappa shape index (κ3) is 1.57. The van der Waals surface area contributed by atoms with Crippen molar-refractivity contribution in [1.29, 1.82) is 0 Å². The number of aliphatic hydroxyl groups is 1. The maximum Gasteiger partial charge on any atom is 0.115 e. The predicted octanol–water partition coefficient (Wildman–Crippen LogP) is 1.77. The third-order valence-electron chi connectivity index (χ3n) is 5.01. The minimum absolute atomic E-state index is 0.0136. The number of benzene rings is 1. The molecule has 0 radical (unpaired) electrons. The number of phenolic OH excluding ortho intramolecular Hbond substituents is 1. The number of aromatic hydroxyl groups is 1. The summed E-state index contributed by atoms with van der Waals surface area (Å²) in [7, 11) is 2.02. The van der Waals surface area contributed by atoms with Gasteiger partial charge in [0.1, 0.15) is 5.75 Å². The molecular weight excluding hydrogens is 226 g/mol. The van der Waals surface area contributed by atoms with Crippen LogP contribution in [0.2, 0.25) is 0 Å². The van der Waals surface area contributed by atoms with Crippen LogP contribution < -0.4 is 5.32 Å². The Morgan fingerprint density at radius 3 is 3.00 bits per heavy atom. The Bertz CT molecular complexity index is 460. The van der Waals surface area contributed by atoms with Crippen molar-refractivity contribution in [1.82, 2.24) is 5.32 Å². The Kier molecular flexibility index (Phi) is 2.83. The molecule has 18 heavy (non-hydrogen) atoms. The SMILES string of the molecule is CNC12CCC(CO)CC1Cc1ccc(O)cc12. The lowest BCUT2D eigenvalue weighted by atomic mass is 9.69. The fourth-order valence-electron chi connectivity index (χ4n) is 4.02. The first-order valence-electron chi connectivity index (χ1n) is 6.81. The van der Waals surface area contributed by atoms with Crippen molar-refractivity contribution in [3.05, 3.63) is 29.3 Å². The maximum absolute atomic E-state index is 9.73. The van der Waals surface area contributed by atoms with Gasteiger partial charge in [0.2, 0.25) is 0 Å². The van der Waals surface area contributed by atoms with Gasteiger partial charge in [-0.1, -0.05) is 6.07 Å². The van der Waals surface area contributed by atoms with Gasteiger partial charge in [0.15, 0.2) is 0 Å². The van der Waals surface area contributed by atoms with Crippen molar-refractivity contribution < 1.29 is 10.2 Å². The van der Waals surface area contributed by atoms with Gasteiger partial charge in [-0.2, -0.15) is 0 Å². The zero-order valence-electron chi connectivity index (χ0n) is 10.8. The van der Waals surface area contributed by atoms with Crippen LogP contribution >= 0.6 is 0 Å². The van der Waals surface area contributed by atoms with E-state index >= 15 is 0 Å². The lowest BCUT2D eigenvalue weighted by Gasteiger charge is -2.43. The summed E-state index contributed by atoms with van der Waals surface area (Å²) in [5.41, 5.74) is 2.64. The average molecular weight is 247 g/mol. The molecule has 0 aliphatic heterocycles. The quantitative estimate of drug-likeness (QED) is 0.746. The van der Waals surface area contributed by atoms with Gasteiger partial charge in [-0.15, -0.1) is 0 Å². The van der Waals surface area contributed by atoms with Gasteiger partial charge in [-0.25, -0.2) is 0 Å². The van der Waals surface area contributed by atoms with Crippen LogP contribution in [0.25, 0.3) is 0 Å². The molecule has 3 rings (SSSR count). The Morgan fingerprint density at radius 2 is 2.28 bits per heavy atom. The summed E-state index contributed by atoms with van der Waals surface area (Å²) in [6, 6.07) is 5.75. The molecular formula is C15H21NO2. The molecule has 1 saturated carbocycles. The normalized spacial score (nSPS) is 34.1. The van der Waals surface area contributed by atoms with Crippen molar-refractivity contribution in [2.24, 2.45) is 11.8 Å². The summed E-state index contributed by atoms with van der Waals surface area (Å²) in [5.74, 6) is 1.35. The fourth-order valence-corrected chi connectivity index (χ4v) is 4.02. The standard InChI is InChI=1S/C15H21NO2/c1-16-15-5-4-10(9-17)6-12(15)7-11-2-3-13(18)8-14(11)15/h2-3,8,10,12,16-18H,4-7,9H2,1H3. The van der Waals surface area contributed by atoms with E-state index in [0.717, 1.165) is 25.7 Å². The number of aliphatic hydroxyl groups excluding tert-OH is 1. The molecule has 0 spiro atoms. The number of hydrogen-bond donors (Lipinski definition) is 3. The molecule has 2 aliphatic rings. The molecule has 0 saturated heterocycles. The topological polar surface area (TPSA) is 52.5 Å². The first-order chi connectivity index (χ1) is 8.69. The highest BCUT2D eigenvalue weighted by Gasteiger charge is 2.48. The lowest BCUT2D eigenvalue weighted by Crippen LogP contribution is -2.48. The van der Waals surface area contributed by atoms with Crippen LogP contribution in [0.5, 0.6) is 5.75 Å². The van der Waals surface area contributed by atoms with Crippen molar-refractivity contribution >= 4 is 0 Å². The highest BCUT2D eigenvalue weighted by molar-refractivity contribution is 5.45. The second kappa shape index (κ2) is 4.25. The van der Waals surface area contributed by atoms with E-state index in [1.165, 1.54) is 11.1 Å². The van der Waals surface area contributed by atoms with E-state index in [0.29, 0.717) is 24.2 Å². The molecule has 0 amide bonds. The number of nitrogens with one attached hydrogen (secondary N) is 1. The Balaban J connectivity index is 2.01. The van der Waals surface area contributed by atoms with Crippen LogP contribution in [0.4, 0.5) is 0 Å². The van der Waals surface area contributed by atoms with E-state index in [1.54, 1.807) is 6.07 Å². The molecule has 98 valence electrons. The van der Waals surface area contributed by atoms with Gasteiger partial charge >= 0.3 is 0 Å². The molecule has 0 bridgehead atoms. The van der Waals surface area contributed by atoms with E-state index in [4.69, 9.17) is 0 Å². The maximum atomic E-state index is 9.73. The molecule has 1 fully saturated rings. The first-order valence-corrected chi connectivity index (χ1v) is 6.81. The van der Waals surface area contributed by atoms with Crippen LogP contribution in [0.15, 0.2) is 18.2 Å². The van der Waals surface area contributed by atoms with Crippen molar-refractivity contribution in [3.63, 3.8) is 0 Å². The van der Waals surface area contributed by atoms with E-state index in [1.807, 2.05) is 13.1 Å². The lowest BCUT2D eigenvalue weighted by molar-refractivity contribution is 0.0903. The van der Waals surface area contributed by atoms with Crippen molar-refractivity contribution in [2.45, 2.75) is 31.2 Å². The minimum Gasteiger partial charge on any atom is -0.508 e. The molecule has 3 unspecified atom stereocenters. The predicted molar refractivity (Wildman–Crippen MR) is 70.5 cm³/mol. The molecule has 3 nitrogen and oxygen atoms in total. The highest BCUT2D eigenvalue weighted by atomic mass is 16.3. The minimum atomic E-state index is 0.0136. The summed E-state index contributed by atoms with van der Waals surface area (Å²) in [6.07, 6.45) is 4.25. The van der Waals surface area contributed by atoms with Crippen LogP contribution in [-0.2, 0) is 12.0 Å². The number of hydrogen-bond acceptors (Lipinski definition) is 3. The van der Waals surface area contributed by atoms with Gasteiger partial charge in [-0.3, -0.25) is 0 Å². The molecule has 3 N–H and O–H groups in total. The van der Waals surface area contributed by atoms with Crippen LogP contribution in [0.1, 0.15) is 30.4 Å². The molecule has 0 heterocycles. The second-order valence-corrected chi connectivity index (χ2v) is 5.79. The van der Waals surface area contributed by atoms with Gasteiger partial charge in [0.25, 0.3) is 0 Å². The van der Waals surface area contributed by atoms with Crippen LogP contribution in [0, 0.1) is 11.8 Å². The monoisotopic (exact) mass is 247 g/mol. The van der Waals surface area contributed by atoms with Gasteiger partial charge in [-0.05, 0) is 67.8 Å². The molecule has 1 aromatic carbocycles. The van der Waals surface area contributed by atoms with Gasteiger partial charge < -0.3 is 15.5 Å². The Hall–Kier alpha value is -1.06. The third-order valence-corrected chi connectivity index (χ3v) is 5.01. The molecule has 1 aromatic rings. The first kappa shape index (κ1) is 12.0. The second-order valence-electron chi connectivity index (χ2n) is 5.79. The molecule has 3 heteroatoms. The summed E-state index contributed by atoms with van der Waals surface area (Å²) < 4.78 is 0.